The summed E-state index contributed by atoms with van der Waals surface area (Å²) in [4.78, 5) is 27.3. The second kappa shape index (κ2) is 7.59. The van der Waals surface area contributed by atoms with Crippen molar-refractivity contribution >= 4 is 33.2 Å². The lowest BCUT2D eigenvalue weighted by Gasteiger charge is -2.17. The molecule has 3 aromatic rings. The van der Waals surface area contributed by atoms with Gasteiger partial charge in [-0.3, -0.25) is 9.59 Å². The van der Waals surface area contributed by atoms with Crippen LogP contribution < -0.4 is 10.2 Å². The van der Waals surface area contributed by atoms with Gasteiger partial charge in [-0.25, -0.2) is 13.1 Å². The highest BCUT2D eigenvalue weighted by molar-refractivity contribution is 7.90. The Labute approximate surface area is 185 Å². The Kier molecular flexibility index (Phi) is 4.85. The molecule has 5 rings (SSSR count). The molecule has 0 spiro atoms. The van der Waals surface area contributed by atoms with Crippen LogP contribution in [0.5, 0.6) is 0 Å². The number of sulfone groups is 1. The van der Waals surface area contributed by atoms with Crippen LogP contribution in [-0.4, -0.2) is 36.6 Å². The Balaban J connectivity index is 1.46. The van der Waals surface area contributed by atoms with E-state index in [4.69, 9.17) is 0 Å². The molecule has 1 aromatic heterocycles. The van der Waals surface area contributed by atoms with Gasteiger partial charge >= 0.3 is 0 Å². The number of carbonyl (C=O) groups is 2. The lowest BCUT2D eigenvalue weighted by atomic mass is 10.1. The van der Waals surface area contributed by atoms with Gasteiger partial charge < -0.3 is 10.2 Å². The summed E-state index contributed by atoms with van der Waals surface area (Å²) in [6.07, 6.45) is 0.0969. The number of rotatable bonds is 4. The third-order valence-electron chi connectivity index (χ3n) is 5.94. The molecule has 1 fully saturated rings. The number of nitrogens with zero attached hydrogens (tertiary/aromatic N) is 3. The molecule has 1 saturated heterocycles. The second-order valence-corrected chi connectivity index (χ2v) is 10.3. The molecule has 2 amide bonds. The maximum Gasteiger partial charge on any atom is 0.230 e. The highest BCUT2D eigenvalue weighted by Gasteiger charge is 2.38. The zero-order chi connectivity index (χ0) is 22.5. The van der Waals surface area contributed by atoms with Gasteiger partial charge in [0.2, 0.25) is 11.8 Å². The highest BCUT2D eigenvalue weighted by Crippen LogP contribution is 2.34. The van der Waals surface area contributed by atoms with Gasteiger partial charge in [0.05, 0.1) is 28.8 Å². The maximum atomic E-state index is 13.2. The minimum atomic E-state index is -3.29. The number of benzene rings is 2. The molecule has 8 nitrogen and oxygen atoms in total. The standard InChI is InChI=1S/C23H22N4O4S/c1-15-7-5-6-10-20(15)27-22(18-13-32(30,31)14-19(18)25-27)24-23(29)16-11-21(28)26(12-16)17-8-3-2-4-9-17/h2-10,16H,11-14H2,1H3,(H,24,29). The average molecular weight is 451 g/mol. The number of anilines is 2. The van der Waals surface area contributed by atoms with Crippen molar-refractivity contribution in [1.29, 1.82) is 0 Å². The highest BCUT2D eigenvalue weighted by atomic mass is 32.2. The maximum absolute atomic E-state index is 13.2. The molecule has 32 heavy (non-hydrogen) atoms. The van der Waals surface area contributed by atoms with Crippen LogP contribution >= 0.6 is 0 Å². The van der Waals surface area contributed by atoms with Crippen molar-refractivity contribution in [2.24, 2.45) is 5.92 Å². The Hall–Kier alpha value is -3.46. The summed E-state index contributed by atoms with van der Waals surface area (Å²) in [5.41, 5.74) is 3.44. The number of fused-ring (bicyclic) bond motifs is 1. The molecule has 1 unspecified atom stereocenters. The normalized spacial score (nSPS) is 19.2. The van der Waals surface area contributed by atoms with E-state index in [2.05, 4.69) is 10.4 Å². The van der Waals surface area contributed by atoms with E-state index >= 15 is 0 Å². The first-order valence-electron chi connectivity index (χ1n) is 10.4. The molecule has 9 heteroatoms. The fraction of sp³-hybridized carbons (Fsp3) is 0.261. The van der Waals surface area contributed by atoms with Crippen LogP contribution in [0.4, 0.5) is 11.5 Å². The van der Waals surface area contributed by atoms with Crippen molar-refractivity contribution in [3.63, 3.8) is 0 Å². The first-order valence-corrected chi connectivity index (χ1v) is 12.2. The monoisotopic (exact) mass is 450 g/mol. The predicted molar refractivity (Wildman–Crippen MR) is 120 cm³/mol. The molecular formula is C23H22N4O4S. The first kappa shape index (κ1) is 20.4. The number of aryl methyl sites for hydroxylation is 1. The summed E-state index contributed by atoms with van der Waals surface area (Å²) in [7, 11) is -3.29. The van der Waals surface area contributed by atoms with E-state index in [1.807, 2.05) is 61.5 Å². The van der Waals surface area contributed by atoms with E-state index in [1.54, 1.807) is 9.58 Å². The summed E-state index contributed by atoms with van der Waals surface area (Å²) < 4.78 is 26.0. The smallest absolute Gasteiger partial charge is 0.230 e. The van der Waals surface area contributed by atoms with Crippen molar-refractivity contribution in [1.82, 2.24) is 9.78 Å². The van der Waals surface area contributed by atoms with Gasteiger partial charge in [-0.1, -0.05) is 36.4 Å². The van der Waals surface area contributed by atoms with Gasteiger partial charge in [0.15, 0.2) is 9.84 Å². The van der Waals surface area contributed by atoms with Crippen molar-refractivity contribution in [3.8, 4) is 5.69 Å². The Morgan fingerprint density at radius 1 is 1.06 bits per heavy atom. The second-order valence-electron chi connectivity index (χ2n) is 8.23. The molecule has 0 radical (unpaired) electrons. The third-order valence-corrected chi connectivity index (χ3v) is 7.38. The van der Waals surface area contributed by atoms with Gasteiger partial charge in [-0.2, -0.15) is 5.10 Å². The summed E-state index contributed by atoms with van der Waals surface area (Å²) in [5.74, 6) is -0.921. The minimum absolute atomic E-state index is 0.0969. The van der Waals surface area contributed by atoms with Crippen LogP contribution in [-0.2, 0) is 30.9 Å². The largest absolute Gasteiger partial charge is 0.312 e. The van der Waals surface area contributed by atoms with Crippen molar-refractivity contribution in [2.45, 2.75) is 24.9 Å². The van der Waals surface area contributed by atoms with E-state index in [-0.39, 0.29) is 36.3 Å². The van der Waals surface area contributed by atoms with Crippen LogP contribution in [0.1, 0.15) is 23.2 Å². The summed E-state index contributed by atoms with van der Waals surface area (Å²) in [6.45, 7) is 2.20. The summed E-state index contributed by atoms with van der Waals surface area (Å²) in [5, 5.41) is 7.43. The quantitative estimate of drug-likeness (QED) is 0.658. The van der Waals surface area contributed by atoms with E-state index in [0.29, 0.717) is 17.1 Å². The molecule has 3 heterocycles. The Bertz CT molecular complexity index is 1330. The fourth-order valence-corrected chi connectivity index (χ4v) is 5.80. The molecule has 1 N–H and O–H groups in total. The molecule has 2 aromatic carbocycles. The summed E-state index contributed by atoms with van der Waals surface area (Å²) >= 11 is 0. The van der Waals surface area contributed by atoms with E-state index in [1.165, 1.54) is 0 Å². The first-order chi connectivity index (χ1) is 15.3. The molecule has 0 saturated carbocycles. The fourth-order valence-electron chi connectivity index (χ4n) is 4.31. The molecule has 164 valence electrons. The number of nitrogens with one attached hydrogen (secondary N) is 1. The zero-order valence-electron chi connectivity index (χ0n) is 17.5. The number of hydrogen-bond donors (Lipinski definition) is 1. The van der Waals surface area contributed by atoms with Gasteiger partial charge in [0.1, 0.15) is 5.82 Å². The molecule has 0 bridgehead atoms. The minimum Gasteiger partial charge on any atom is -0.312 e. The van der Waals surface area contributed by atoms with E-state index in [9.17, 15) is 18.0 Å². The van der Waals surface area contributed by atoms with Crippen LogP contribution in [0, 0.1) is 12.8 Å². The molecule has 2 aliphatic heterocycles. The van der Waals surface area contributed by atoms with Gasteiger partial charge in [0, 0.05) is 24.2 Å². The number of carbonyl (C=O) groups excluding carboxylic acids is 2. The van der Waals surface area contributed by atoms with E-state index < -0.39 is 15.8 Å². The van der Waals surface area contributed by atoms with Gasteiger partial charge in [-0.15, -0.1) is 0 Å². The Morgan fingerprint density at radius 2 is 1.78 bits per heavy atom. The third kappa shape index (κ3) is 3.58. The lowest BCUT2D eigenvalue weighted by Crippen LogP contribution is -2.29. The van der Waals surface area contributed by atoms with Crippen LogP contribution in [0.15, 0.2) is 54.6 Å². The Morgan fingerprint density at radius 3 is 2.53 bits per heavy atom. The van der Waals surface area contributed by atoms with Crippen molar-refractivity contribution in [2.75, 3.05) is 16.8 Å². The number of amides is 2. The molecule has 0 aliphatic carbocycles. The summed E-state index contributed by atoms with van der Waals surface area (Å²) in [6, 6.07) is 16.8. The van der Waals surface area contributed by atoms with Crippen LogP contribution in [0.3, 0.4) is 0 Å². The SMILES string of the molecule is Cc1ccccc1-n1nc2c(c1NC(=O)C1CC(=O)N(c3ccccc3)C1)CS(=O)(=O)C2. The van der Waals surface area contributed by atoms with E-state index in [0.717, 1.165) is 16.9 Å². The molecule has 2 aliphatic rings. The zero-order valence-corrected chi connectivity index (χ0v) is 18.3. The van der Waals surface area contributed by atoms with Crippen molar-refractivity contribution in [3.05, 3.63) is 71.4 Å². The number of para-hydroxylation sites is 2. The van der Waals surface area contributed by atoms with Crippen LogP contribution in [0.2, 0.25) is 0 Å². The number of aromatic nitrogens is 2. The topological polar surface area (TPSA) is 101 Å². The van der Waals surface area contributed by atoms with Gasteiger partial charge in [-0.05, 0) is 30.7 Å². The molecular weight excluding hydrogens is 428 g/mol. The number of hydrogen-bond acceptors (Lipinski definition) is 5. The van der Waals surface area contributed by atoms with Crippen LogP contribution in [0.25, 0.3) is 5.69 Å². The van der Waals surface area contributed by atoms with Crippen molar-refractivity contribution < 1.29 is 18.0 Å². The predicted octanol–water partition coefficient (Wildman–Crippen LogP) is 2.60. The average Bonchev–Trinajstić information content (AvgIpc) is 3.39. The molecule has 1 atom stereocenters. The van der Waals surface area contributed by atoms with Gasteiger partial charge in [0.25, 0.3) is 0 Å². The lowest BCUT2D eigenvalue weighted by molar-refractivity contribution is -0.122.